The van der Waals surface area contributed by atoms with Gasteiger partial charge in [-0.15, -0.1) is 0 Å². The van der Waals surface area contributed by atoms with Gasteiger partial charge in [0.15, 0.2) is 0 Å². The van der Waals surface area contributed by atoms with Crippen LogP contribution in [-0.4, -0.2) is 6.04 Å². The predicted molar refractivity (Wildman–Crippen MR) is 63.2 cm³/mol. The number of nitrogens with two attached hydrogens (primary N) is 1. The Morgan fingerprint density at radius 1 is 1.07 bits per heavy atom. The van der Waals surface area contributed by atoms with Gasteiger partial charge in [-0.1, -0.05) is 39.5 Å². The Labute approximate surface area is 89.5 Å². The zero-order valence-electron chi connectivity index (χ0n) is 9.97. The molecular formula is C13H27N. The third kappa shape index (κ3) is 4.99. The fourth-order valence-corrected chi connectivity index (χ4v) is 2.44. The molecule has 1 heteroatoms. The molecule has 0 aromatic heterocycles. The van der Waals surface area contributed by atoms with Crippen molar-refractivity contribution in [2.75, 3.05) is 0 Å². The lowest BCUT2D eigenvalue weighted by Gasteiger charge is -2.15. The van der Waals surface area contributed by atoms with E-state index in [0.29, 0.717) is 6.04 Å². The van der Waals surface area contributed by atoms with Crippen LogP contribution in [0.2, 0.25) is 0 Å². The van der Waals surface area contributed by atoms with Crippen molar-refractivity contribution >= 4 is 0 Å². The minimum absolute atomic E-state index is 0.470. The molecule has 84 valence electrons. The Kier molecular flexibility index (Phi) is 5.54. The summed E-state index contributed by atoms with van der Waals surface area (Å²) >= 11 is 0. The molecule has 0 amide bonds. The van der Waals surface area contributed by atoms with E-state index in [1.165, 1.54) is 51.4 Å². The van der Waals surface area contributed by atoms with E-state index in [9.17, 15) is 0 Å². The summed E-state index contributed by atoms with van der Waals surface area (Å²) in [5.41, 5.74) is 6.10. The molecule has 1 atom stereocenters. The zero-order valence-corrected chi connectivity index (χ0v) is 9.97. The third-order valence-corrected chi connectivity index (χ3v) is 3.54. The van der Waals surface area contributed by atoms with Crippen molar-refractivity contribution in [2.24, 2.45) is 17.6 Å². The molecule has 14 heavy (non-hydrogen) atoms. The lowest BCUT2D eigenvalue weighted by Crippen LogP contribution is -2.21. The van der Waals surface area contributed by atoms with Crippen molar-refractivity contribution in [1.29, 1.82) is 0 Å². The highest BCUT2D eigenvalue weighted by atomic mass is 14.6. The van der Waals surface area contributed by atoms with Crippen molar-refractivity contribution in [3.63, 3.8) is 0 Å². The van der Waals surface area contributed by atoms with Gasteiger partial charge in [-0.25, -0.2) is 0 Å². The molecule has 0 heterocycles. The van der Waals surface area contributed by atoms with Gasteiger partial charge in [0.25, 0.3) is 0 Å². The van der Waals surface area contributed by atoms with Crippen molar-refractivity contribution < 1.29 is 0 Å². The van der Waals surface area contributed by atoms with E-state index < -0.39 is 0 Å². The van der Waals surface area contributed by atoms with Gasteiger partial charge in [0.05, 0.1) is 0 Å². The predicted octanol–water partition coefficient (Wildman–Crippen LogP) is 3.72. The van der Waals surface area contributed by atoms with Crippen LogP contribution in [0.3, 0.4) is 0 Å². The molecule has 1 fully saturated rings. The first-order valence-electron chi connectivity index (χ1n) is 6.44. The molecule has 1 aliphatic rings. The summed E-state index contributed by atoms with van der Waals surface area (Å²) in [6, 6.07) is 0.470. The summed E-state index contributed by atoms with van der Waals surface area (Å²) in [6.45, 7) is 4.56. The average molecular weight is 197 g/mol. The summed E-state index contributed by atoms with van der Waals surface area (Å²) in [7, 11) is 0. The van der Waals surface area contributed by atoms with Crippen LogP contribution in [0.1, 0.15) is 65.2 Å². The summed E-state index contributed by atoms with van der Waals surface area (Å²) in [6.07, 6.45) is 11.0. The van der Waals surface area contributed by atoms with E-state index in [1.807, 2.05) is 0 Å². The van der Waals surface area contributed by atoms with Crippen LogP contribution in [0, 0.1) is 11.8 Å². The molecule has 1 unspecified atom stereocenters. The summed E-state index contributed by atoms with van der Waals surface area (Å²) in [4.78, 5) is 0. The zero-order chi connectivity index (χ0) is 10.4. The highest BCUT2D eigenvalue weighted by Crippen LogP contribution is 2.29. The van der Waals surface area contributed by atoms with Crippen LogP contribution in [0.4, 0.5) is 0 Å². The largest absolute Gasteiger partial charge is 0.328 e. The van der Waals surface area contributed by atoms with Crippen LogP contribution in [0.25, 0.3) is 0 Å². The van der Waals surface area contributed by atoms with Crippen LogP contribution >= 0.6 is 0 Å². The molecule has 1 nitrogen and oxygen atoms in total. The van der Waals surface area contributed by atoms with Gasteiger partial charge in [0, 0.05) is 6.04 Å². The van der Waals surface area contributed by atoms with E-state index in [2.05, 4.69) is 13.8 Å². The molecule has 0 radical (unpaired) electrons. The van der Waals surface area contributed by atoms with E-state index in [4.69, 9.17) is 5.73 Å². The molecule has 0 aromatic carbocycles. The molecule has 0 saturated heterocycles. The molecule has 1 saturated carbocycles. The molecule has 0 aromatic rings. The normalized spacial score (nSPS) is 20.6. The first-order valence-corrected chi connectivity index (χ1v) is 6.44. The second-order valence-electron chi connectivity index (χ2n) is 5.46. The highest BCUT2D eigenvalue weighted by molar-refractivity contribution is 4.71. The Hall–Kier alpha value is -0.0400. The molecule has 2 N–H and O–H groups in total. The summed E-state index contributed by atoms with van der Waals surface area (Å²) < 4.78 is 0. The van der Waals surface area contributed by atoms with Gasteiger partial charge in [-0.05, 0) is 37.5 Å². The van der Waals surface area contributed by atoms with Gasteiger partial charge >= 0.3 is 0 Å². The summed E-state index contributed by atoms with van der Waals surface area (Å²) in [5.74, 6) is 1.83. The number of hydrogen-bond acceptors (Lipinski definition) is 1. The first kappa shape index (κ1) is 12.0. The fraction of sp³-hybridized carbons (Fsp3) is 1.00. The highest BCUT2D eigenvalue weighted by Gasteiger charge is 2.15. The van der Waals surface area contributed by atoms with E-state index in [-0.39, 0.29) is 0 Å². The quantitative estimate of drug-likeness (QED) is 0.690. The maximum Gasteiger partial charge on any atom is 0.00390 e. The summed E-state index contributed by atoms with van der Waals surface area (Å²) in [5, 5.41) is 0. The SMILES string of the molecule is CC(C)CCC(N)CCC1CCCC1. The Morgan fingerprint density at radius 2 is 1.71 bits per heavy atom. The molecule has 0 spiro atoms. The average Bonchev–Trinajstić information content (AvgIpc) is 2.63. The van der Waals surface area contributed by atoms with E-state index in [0.717, 1.165) is 11.8 Å². The Bertz CT molecular complexity index is 136. The minimum Gasteiger partial charge on any atom is -0.328 e. The lowest BCUT2D eigenvalue weighted by atomic mass is 9.95. The second kappa shape index (κ2) is 6.44. The fourth-order valence-electron chi connectivity index (χ4n) is 2.44. The van der Waals surface area contributed by atoms with Crippen molar-refractivity contribution in [1.82, 2.24) is 0 Å². The molecule has 1 rings (SSSR count). The topological polar surface area (TPSA) is 26.0 Å². The van der Waals surface area contributed by atoms with E-state index >= 15 is 0 Å². The molecule has 1 aliphatic carbocycles. The van der Waals surface area contributed by atoms with Gasteiger partial charge in [-0.2, -0.15) is 0 Å². The Morgan fingerprint density at radius 3 is 2.29 bits per heavy atom. The van der Waals surface area contributed by atoms with Crippen molar-refractivity contribution in [3.8, 4) is 0 Å². The van der Waals surface area contributed by atoms with Crippen LogP contribution in [-0.2, 0) is 0 Å². The van der Waals surface area contributed by atoms with Gasteiger partial charge in [-0.3, -0.25) is 0 Å². The monoisotopic (exact) mass is 197 g/mol. The van der Waals surface area contributed by atoms with Crippen molar-refractivity contribution in [3.05, 3.63) is 0 Å². The van der Waals surface area contributed by atoms with Gasteiger partial charge < -0.3 is 5.73 Å². The minimum atomic E-state index is 0.470. The van der Waals surface area contributed by atoms with Gasteiger partial charge in [0.1, 0.15) is 0 Å². The molecule has 0 bridgehead atoms. The molecular weight excluding hydrogens is 170 g/mol. The maximum atomic E-state index is 6.10. The van der Waals surface area contributed by atoms with Crippen molar-refractivity contribution in [2.45, 2.75) is 71.3 Å². The second-order valence-corrected chi connectivity index (χ2v) is 5.46. The number of hydrogen-bond donors (Lipinski definition) is 1. The standard InChI is InChI=1S/C13H27N/c1-11(2)7-9-13(14)10-8-12-5-3-4-6-12/h11-13H,3-10,14H2,1-2H3. The first-order chi connectivity index (χ1) is 6.68. The Balaban J connectivity index is 1.99. The molecule has 0 aliphatic heterocycles. The van der Waals surface area contributed by atoms with Gasteiger partial charge in [0.2, 0.25) is 0 Å². The van der Waals surface area contributed by atoms with Crippen LogP contribution < -0.4 is 5.73 Å². The van der Waals surface area contributed by atoms with Crippen LogP contribution in [0.5, 0.6) is 0 Å². The third-order valence-electron chi connectivity index (χ3n) is 3.54. The van der Waals surface area contributed by atoms with E-state index in [1.54, 1.807) is 0 Å². The smallest absolute Gasteiger partial charge is 0.00390 e. The number of rotatable bonds is 6. The lowest BCUT2D eigenvalue weighted by molar-refractivity contribution is 0.415. The maximum absolute atomic E-state index is 6.10. The van der Waals surface area contributed by atoms with Crippen LogP contribution in [0.15, 0.2) is 0 Å².